The molecule has 4 saturated carbocycles. The predicted molar refractivity (Wildman–Crippen MR) is 139 cm³/mol. The molecule has 5 aliphatic rings. The van der Waals surface area contributed by atoms with Gasteiger partial charge in [0, 0.05) is 49.1 Å². The molecule has 1 aliphatic heterocycles. The first-order valence-electron chi connectivity index (χ1n) is 13.3. The van der Waals surface area contributed by atoms with Crippen LogP contribution in [0.25, 0.3) is 11.3 Å². The average Bonchev–Trinajstić information content (AvgIpc) is 3.48. The van der Waals surface area contributed by atoms with Gasteiger partial charge in [-0.1, -0.05) is 34.4 Å². The monoisotopic (exact) mass is 526 g/mol. The summed E-state index contributed by atoms with van der Waals surface area (Å²) in [6.45, 7) is 4.84. The molecule has 0 unspecified atom stereocenters. The summed E-state index contributed by atoms with van der Waals surface area (Å²) in [6, 6.07) is 5.57. The van der Waals surface area contributed by atoms with E-state index >= 15 is 0 Å². The van der Waals surface area contributed by atoms with E-state index in [1.165, 1.54) is 31.6 Å². The average molecular weight is 527 g/mol. The second-order valence-electron chi connectivity index (χ2n) is 11.5. The van der Waals surface area contributed by atoms with Crippen molar-refractivity contribution in [1.82, 2.24) is 19.6 Å². The van der Waals surface area contributed by atoms with Crippen LogP contribution in [-0.4, -0.2) is 38.3 Å². The minimum atomic E-state index is -0.0421. The van der Waals surface area contributed by atoms with E-state index in [4.69, 9.17) is 32.5 Å². The van der Waals surface area contributed by atoms with Gasteiger partial charge in [-0.25, -0.2) is 4.98 Å². The minimum Gasteiger partial charge on any atom is -0.370 e. The predicted octanol–water partition coefficient (Wildman–Crippen LogP) is 6.85. The van der Waals surface area contributed by atoms with E-state index in [0.29, 0.717) is 28.0 Å². The highest BCUT2D eigenvalue weighted by molar-refractivity contribution is 6.39. The van der Waals surface area contributed by atoms with Crippen molar-refractivity contribution in [2.75, 3.05) is 13.1 Å². The van der Waals surface area contributed by atoms with Gasteiger partial charge in [-0.2, -0.15) is 0 Å². The molecule has 0 spiro atoms. The summed E-state index contributed by atoms with van der Waals surface area (Å²) in [4.78, 5) is 7.18. The molecule has 190 valence electrons. The van der Waals surface area contributed by atoms with E-state index in [-0.39, 0.29) is 5.60 Å². The zero-order valence-corrected chi connectivity index (χ0v) is 22.0. The van der Waals surface area contributed by atoms with Gasteiger partial charge in [-0.05, 0) is 68.9 Å². The Balaban J connectivity index is 1.05. The van der Waals surface area contributed by atoms with Crippen LogP contribution in [0.2, 0.25) is 10.0 Å². The number of ether oxygens (including phenoxy) is 1. The van der Waals surface area contributed by atoms with Crippen LogP contribution in [0.5, 0.6) is 0 Å². The number of rotatable bonds is 7. The van der Waals surface area contributed by atoms with Crippen molar-refractivity contribution >= 4 is 23.2 Å². The number of halogens is 2. The lowest BCUT2D eigenvalue weighted by molar-refractivity contribution is -0.149. The van der Waals surface area contributed by atoms with Crippen molar-refractivity contribution in [2.24, 2.45) is 5.41 Å². The molecule has 0 radical (unpaired) electrons. The Bertz CT molecular complexity index is 1240. The van der Waals surface area contributed by atoms with E-state index in [1.54, 1.807) is 0 Å². The van der Waals surface area contributed by atoms with Crippen LogP contribution in [-0.2, 0) is 24.4 Å². The molecule has 2 aromatic heterocycles. The van der Waals surface area contributed by atoms with Crippen molar-refractivity contribution in [3.8, 4) is 11.3 Å². The van der Waals surface area contributed by atoms with E-state index in [9.17, 15) is 0 Å². The van der Waals surface area contributed by atoms with Crippen molar-refractivity contribution in [3.05, 3.63) is 57.8 Å². The van der Waals surface area contributed by atoms with Crippen LogP contribution in [0.3, 0.4) is 0 Å². The van der Waals surface area contributed by atoms with Gasteiger partial charge < -0.3 is 13.8 Å². The molecule has 1 aromatic carbocycles. The third-order valence-corrected chi connectivity index (χ3v) is 9.83. The molecule has 2 bridgehead atoms. The SMILES string of the molecule is Clc1cccc(Cl)c1-c1noc(C2CC2)c1COC12CCC(CN3CCn4ccnc4C3)(CC1)CC2. The number of hydrogen-bond donors (Lipinski definition) is 0. The highest BCUT2D eigenvalue weighted by Crippen LogP contribution is 2.55. The molecule has 8 rings (SSSR count). The molecule has 4 aliphatic carbocycles. The lowest BCUT2D eigenvalue weighted by Gasteiger charge is -2.54. The highest BCUT2D eigenvalue weighted by atomic mass is 35.5. The topological polar surface area (TPSA) is 56.3 Å². The fraction of sp³-hybridized carbons (Fsp3) is 0.571. The summed E-state index contributed by atoms with van der Waals surface area (Å²) in [7, 11) is 0. The largest absolute Gasteiger partial charge is 0.370 e. The summed E-state index contributed by atoms with van der Waals surface area (Å²) in [6.07, 6.45) is 13.4. The number of benzene rings is 1. The van der Waals surface area contributed by atoms with Crippen LogP contribution in [0.1, 0.15) is 74.4 Å². The van der Waals surface area contributed by atoms with Crippen LogP contribution in [0.4, 0.5) is 0 Å². The first kappa shape index (κ1) is 23.3. The zero-order valence-electron chi connectivity index (χ0n) is 20.5. The number of nitrogens with zero attached hydrogens (tertiary/aromatic N) is 4. The number of imidazole rings is 1. The van der Waals surface area contributed by atoms with Gasteiger partial charge in [0.1, 0.15) is 17.3 Å². The highest BCUT2D eigenvalue weighted by Gasteiger charge is 2.50. The van der Waals surface area contributed by atoms with Gasteiger partial charge in [0.2, 0.25) is 0 Å². The molecule has 0 N–H and O–H groups in total. The Kier molecular flexibility index (Phi) is 5.73. The van der Waals surface area contributed by atoms with Crippen molar-refractivity contribution in [3.63, 3.8) is 0 Å². The lowest BCUT2D eigenvalue weighted by atomic mass is 9.58. The van der Waals surface area contributed by atoms with Crippen LogP contribution >= 0.6 is 23.2 Å². The van der Waals surface area contributed by atoms with Crippen molar-refractivity contribution < 1.29 is 9.26 Å². The third-order valence-electron chi connectivity index (χ3n) is 9.20. The van der Waals surface area contributed by atoms with Crippen LogP contribution in [0, 0.1) is 5.41 Å². The molecule has 36 heavy (non-hydrogen) atoms. The normalized spacial score (nSPS) is 27.9. The maximum absolute atomic E-state index is 6.82. The summed E-state index contributed by atoms with van der Waals surface area (Å²) < 4.78 is 15.0. The summed E-state index contributed by atoms with van der Waals surface area (Å²) >= 11 is 13.1. The smallest absolute Gasteiger partial charge is 0.145 e. The fourth-order valence-electron chi connectivity index (χ4n) is 6.79. The van der Waals surface area contributed by atoms with Crippen LogP contribution in [0.15, 0.2) is 35.1 Å². The molecular weight excluding hydrogens is 495 g/mol. The number of fused-ring (bicyclic) bond motifs is 4. The Morgan fingerprint density at radius 3 is 2.50 bits per heavy atom. The van der Waals surface area contributed by atoms with Gasteiger partial charge in [-0.3, -0.25) is 4.90 Å². The van der Waals surface area contributed by atoms with Gasteiger partial charge in [0.05, 0.1) is 28.8 Å². The van der Waals surface area contributed by atoms with E-state index in [1.807, 2.05) is 24.4 Å². The Labute approximate surface area is 221 Å². The van der Waals surface area contributed by atoms with Gasteiger partial charge in [0.15, 0.2) is 0 Å². The first-order valence-corrected chi connectivity index (χ1v) is 14.1. The molecule has 0 amide bonds. The standard InChI is InChI=1S/C28H32Cl2N4O2/c29-21-2-1-3-22(30)24(21)25-20(26(36-32-25)19-4-5-19)17-35-28-9-6-27(7-10-28,8-11-28)18-33-14-15-34-13-12-31-23(34)16-33/h1-3,12-13,19H,4-11,14-18H2. The second-order valence-corrected chi connectivity index (χ2v) is 12.3. The van der Waals surface area contributed by atoms with E-state index in [2.05, 4.69) is 25.8 Å². The summed E-state index contributed by atoms with van der Waals surface area (Å²) in [5.41, 5.74) is 2.91. The molecule has 8 heteroatoms. The molecule has 3 aromatic rings. The Morgan fingerprint density at radius 2 is 1.78 bits per heavy atom. The Hall–Kier alpha value is -1.86. The van der Waals surface area contributed by atoms with Crippen molar-refractivity contribution in [1.29, 1.82) is 0 Å². The second kappa shape index (κ2) is 8.87. The molecule has 0 saturated heterocycles. The van der Waals surface area contributed by atoms with Gasteiger partial charge in [-0.15, -0.1) is 0 Å². The minimum absolute atomic E-state index is 0.0421. The maximum atomic E-state index is 6.82. The third kappa shape index (κ3) is 4.10. The summed E-state index contributed by atoms with van der Waals surface area (Å²) in [5.74, 6) is 2.60. The Morgan fingerprint density at radius 1 is 1.03 bits per heavy atom. The molecular formula is C28H32Cl2N4O2. The van der Waals surface area contributed by atoms with Gasteiger partial charge in [0.25, 0.3) is 0 Å². The first-order chi connectivity index (χ1) is 17.5. The van der Waals surface area contributed by atoms with Gasteiger partial charge >= 0.3 is 0 Å². The van der Waals surface area contributed by atoms with Crippen LogP contribution < -0.4 is 0 Å². The summed E-state index contributed by atoms with van der Waals surface area (Å²) in [5, 5.41) is 5.63. The maximum Gasteiger partial charge on any atom is 0.145 e. The molecule has 3 heterocycles. The number of hydrogen-bond acceptors (Lipinski definition) is 5. The lowest BCUT2D eigenvalue weighted by Crippen LogP contribution is -2.52. The molecule has 6 nitrogen and oxygen atoms in total. The molecule has 4 fully saturated rings. The zero-order chi connectivity index (χ0) is 24.3. The van der Waals surface area contributed by atoms with Crippen molar-refractivity contribution in [2.45, 2.75) is 82.6 Å². The van der Waals surface area contributed by atoms with E-state index in [0.717, 1.165) is 74.3 Å². The van der Waals surface area contributed by atoms with E-state index < -0.39 is 0 Å². The fourth-order valence-corrected chi connectivity index (χ4v) is 7.37. The number of aromatic nitrogens is 3. The quantitative estimate of drug-likeness (QED) is 0.337. The molecule has 0 atom stereocenters.